The lowest BCUT2D eigenvalue weighted by Gasteiger charge is -2.33. The Kier molecular flexibility index (Phi) is 5.84. The van der Waals surface area contributed by atoms with Crippen molar-refractivity contribution in [3.63, 3.8) is 0 Å². The first-order valence-corrected chi connectivity index (χ1v) is 9.09. The highest BCUT2D eigenvalue weighted by molar-refractivity contribution is 6.30. The van der Waals surface area contributed by atoms with Gasteiger partial charge in [-0.05, 0) is 42.8 Å². The summed E-state index contributed by atoms with van der Waals surface area (Å²) in [7, 11) is 0. The molecule has 28 heavy (non-hydrogen) atoms. The highest BCUT2D eigenvalue weighted by Crippen LogP contribution is 2.37. The van der Waals surface area contributed by atoms with Crippen LogP contribution in [0.1, 0.15) is 25.3 Å². The van der Waals surface area contributed by atoms with Crippen LogP contribution in [0.2, 0.25) is 5.02 Å². The summed E-state index contributed by atoms with van der Waals surface area (Å²) >= 11 is 5.92. The van der Waals surface area contributed by atoms with E-state index in [1.807, 2.05) is 12.1 Å². The standard InChI is InChI=1S/C20H19ClN2O5/c1-12-20(27)23(11-13-2-4-14(21)5-3-13)16-10-15(6-7-17(16)28-12)22-18(24)8-9-19(25)26/h2-7,10,12H,8-9,11H2,1H3,(H,22,24)(H,25,26). The molecule has 0 fully saturated rings. The van der Waals surface area contributed by atoms with Gasteiger partial charge in [0.25, 0.3) is 5.91 Å². The first-order chi connectivity index (χ1) is 13.3. The number of ether oxygens (including phenoxy) is 1. The van der Waals surface area contributed by atoms with Gasteiger partial charge in [-0.15, -0.1) is 0 Å². The minimum Gasteiger partial charge on any atom is -0.481 e. The number of nitrogens with one attached hydrogen (secondary N) is 1. The molecule has 0 saturated carbocycles. The molecular weight excluding hydrogens is 384 g/mol. The van der Waals surface area contributed by atoms with E-state index in [4.69, 9.17) is 21.4 Å². The van der Waals surface area contributed by atoms with Crippen molar-refractivity contribution in [2.75, 3.05) is 10.2 Å². The summed E-state index contributed by atoms with van der Waals surface area (Å²) < 4.78 is 5.67. The van der Waals surface area contributed by atoms with Crippen molar-refractivity contribution in [2.45, 2.75) is 32.4 Å². The predicted molar refractivity (Wildman–Crippen MR) is 105 cm³/mol. The summed E-state index contributed by atoms with van der Waals surface area (Å²) in [5.41, 5.74) is 1.89. The lowest BCUT2D eigenvalue weighted by atomic mass is 10.1. The van der Waals surface area contributed by atoms with Crippen LogP contribution < -0.4 is 15.0 Å². The zero-order valence-corrected chi connectivity index (χ0v) is 15.9. The van der Waals surface area contributed by atoms with E-state index in [-0.39, 0.29) is 18.7 Å². The molecule has 0 spiro atoms. The maximum absolute atomic E-state index is 12.7. The van der Waals surface area contributed by atoms with Crippen LogP contribution in [0.25, 0.3) is 0 Å². The number of halogens is 1. The van der Waals surface area contributed by atoms with Gasteiger partial charge in [0.2, 0.25) is 5.91 Å². The third kappa shape index (κ3) is 4.61. The monoisotopic (exact) mass is 402 g/mol. The quantitative estimate of drug-likeness (QED) is 0.771. The summed E-state index contributed by atoms with van der Waals surface area (Å²) in [6.07, 6.45) is -1.01. The van der Waals surface area contributed by atoms with E-state index in [0.29, 0.717) is 28.7 Å². The smallest absolute Gasteiger partial charge is 0.303 e. The summed E-state index contributed by atoms with van der Waals surface area (Å²) in [4.78, 5) is 36.8. The van der Waals surface area contributed by atoms with Crippen molar-refractivity contribution in [1.29, 1.82) is 0 Å². The topological polar surface area (TPSA) is 95.9 Å². The number of hydrogen-bond donors (Lipinski definition) is 2. The molecule has 0 radical (unpaired) electrons. The zero-order valence-electron chi connectivity index (χ0n) is 15.1. The summed E-state index contributed by atoms with van der Waals surface area (Å²) in [6, 6.07) is 12.2. The van der Waals surface area contributed by atoms with Gasteiger partial charge < -0.3 is 20.1 Å². The third-order valence-corrected chi connectivity index (χ3v) is 4.52. The summed E-state index contributed by atoms with van der Waals surface area (Å²) in [5, 5.41) is 11.9. The third-order valence-electron chi connectivity index (χ3n) is 4.27. The average Bonchev–Trinajstić information content (AvgIpc) is 2.66. The van der Waals surface area contributed by atoms with Crippen molar-refractivity contribution >= 4 is 40.8 Å². The Balaban J connectivity index is 1.84. The van der Waals surface area contributed by atoms with Crippen molar-refractivity contribution in [3.05, 3.63) is 53.1 Å². The number of aliphatic carboxylic acids is 1. The number of carboxylic acid groups (broad SMARTS) is 1. The number of carbonyl (C=O) groups excluding carboxylic acids is 2. The van der Waals surface area contributed by atoms with Gasteiger partial charge in [-0.25, -0.2) is 0 Å². The van der Waals surface area contributed by atoms with E-state index in [1.54, 1.807) is 42.2 Å². The minimum absolute atomic E-state index is 0.132. The van der Waals surface area contributed by atoms with Gasteiger partial charge in [-0.1, -0.05) is 23.7 Å². The molecule has 3 rings (SSSR count). The van der Waals surface area contributed by atoms with Crippen molar-refractivity contribution in [2.24, 2.45) is 0 Å². The number of carboxylic acids is 1. The van der Waals surface area contributed by atoms with Crippen LogP contribution in [-0.2, 0) is 20.9 Å². The Morgan fingerprint density at radius 1 is 1.18 bits per heavy atom. The second-order valence-corrected chi connectivity index (χ2v) is 6.87. The van der Waals surface area contributed by atoms with Crippen molar-refractivity contribution < 1.29 is 24.2 Å². The molecule has 2 amide bonds. The number of amides is 2. The van der Waals surface area contributed by atoms with E-state index in [9.17, 15) is 14.4 Å². The SMILES string of the molecule is CC1Oc2ccc(NC(=O)CCC(=O)O)cc2N(Cc2ccc(Cl)cc2)C1=O. The molecule has 1 unspecified atom stereocenters. The van der Waals surface area contributed by atoms with Gasteiger partial charge in [-0.3, -0.25) is 14.4 Å². The van der Waals surface area contributed by atoms with Crippen LogP contribution in [0, 0.1) is 0 Å². The second kappa shape index (κ2) is 8.31. The Morgan fingerprint density at radius 2 is 1.89 bits per heavy atom. The first kappa shape index (κ1) is 19.7. The Bertz CT molecular complexity index is 913. The Morgan fingerprint density at radius 3 is 2.57 bits per heavy atom. The maximum atomic E-state index is 12.7. The molecule has 0 bridgehead atoms. The Labute approximate surface area is 166 Å². The van der Waals surface area contributed by atoms with E-state index < -0.39 is 18.0 Å². The molecule has 2 N–H and O–H groups in total. The summed E-state index contributed by atoms with van der Waals surface area (Å²) in [5.74, 6) is -1.12. The molecule has 1 atom stereocenters. The molecule has 2 aromatic carbocycles. The fourth-order valence-electron chi connectivity index (χ4n) is 2.86. The molecule has 0 aliphatic carbocycles. The average molecular weight is 403 g/mol. The van der Waals surface area contributed by atoms with Gasteiger partial charge in [0.1, 0.15) is 5.75 Å². The van der Waals surface area contributed by atoms with Gasteiger partial charge in [0.15, 0.2) is 6.10 Å². The lowest BCUT2D eigenvalue weighted by Crippen LogP contribution is -2.44. The van der Waals surface area contributed by atoms with Gasteiger partial charge in [0, 0.05) is 17.1 Å². The Hall–Kier alpha value is -3.06. The van der Waals surface area contributed by atoms with Crippen LogP contribution in [0.3, 0.4) is 0 Å². The van der Waals surface area contributed by atoms with Crippen LogP contribution in [0.4, 0.5) is 11.4 Å². The molecule has 0 saturated heterocycles. The predicted octanol–water partition coefficient (Wildman–Crippen LogP) is 3.46. The van der Waals surface area contributed by atoms with Gasteiger partial charge in [0.05, 0.1) is 18.7 Å². The number of nitrogens with zero attached hydrogens (tertiary/aromatic N) is 1. The first-order valence-electron chi connectivity index (χ1n) is 8.71. The number of rotatable bonds is 6. The largest absolute Gasteiger partial charge is 0.481 e. The van der Waals surface area contributed by atoms with Gasteiger partial charge >= 0.3 is 5.97 Å². The molecule has 2 aromatic rings. The number of fused-ring (bicyclic) bond motifs is 1. The summed E-state index contributed by atoms with van der Waals surface area (Å²) in [6.45, 7) is 2.01. The van der Waals surface area contributed by atoms with E-state index in [0.717, 1.165) is 5.56 Å². The number of benzene rings is 2. The highest BCUT2D eigenvalue weighted by atomic mass is 35.5. The minimum atomic E-state index is -1.04. The number of anilines is 2. The number of hydrogen-bond acceptors (Lipinski definition) is 4. The zero-order chi connectivity index (χ0) is 20.3. The fraction of sp³-hybridized carbons (Fsp3) is 0.250. The second-order valence-electron chi connectivity index (χ2n) is 6.44. The lowest BCUT2D eigenvalue weighted by molar-refractivity contribution is -0.138. The van der Waals surface area contributed by atoms with E-state index >= 15 is 0 Å². The molecule has 0 aromatic heterocycles. The molecule has 1 aliphatic heterocycles. The van der Waals surface area contributed by atoms with Crippen molar-refractivity contribution in [3.8, 4) is 5.75 Å². The van der Waals surface area contributed by atoms with E-state index in [1.165, 1.54) is 0 Å². The maximum Gasteiger partial charge on any atom is 0.303 e. The van der Waals surface area contributed by atoms with E-state index in [2.05, 4.69) is 5.32 Å². The fourth-order valence-corrected chi connectivity index (χ4v) is 2.99. The molecule has 146 valence electrons. The van der Waals surface area contributed by atoms with Gasteiger partial charge in [-0.2, -0.15) is 0 Å². The molecule has 1 aliphatic rings. The molecule has 7 nitrogen and oxygen atoms in total. The van der Waals surface area contributed by atoms with Crippen molar-refractivity contribution in [1.82, 2.24) is 0 Å². The molecule has 8 heteroatoms. The highest BCUT2D eigenvalue weighted by Gasteiger charge is 2.31. The van der Waals surface area contributed by atoms with Crippen LogP contribution in [0.15, 0.2) is 42.5 Å². The normalized spacial score (nSPS) is 15.6. The molecular formula is C20H19ClN2O5. The number of carbonyl (C=O) groups is 3. The molecule has 1 heterocycles. The van der Waals surface area contributed by atoms with Crippen LogP contribution in [-0.4, -0.2) is 29.0 Å². The van der Waals surface area contributed by atoms with Crippen LogP contribution in [0.5, 0.6) is 5.75 Å². The van der Waals surface area contributed by atoms with Crippen LogP contribution >= 0.6 is 11.6 Å².